The molecule has 0 aliphatic carbocycles. The number of anilines is 1. The van der Waals surface area contributed by atoms with Crippen LogP contribution in [0.15, 0.2) is 47.4 Å². The van der Waals surface area contributed by atoms with E-state index in [2.05, 4.69) is 25.0 Å². The van der Waals surface area contributed by atoms with Gasteiger partial charge in [0.25, 0.3) is 0 Å². The van der Waals surface area contributed by atoms with Gasteiger partial charge < -0.3 is 14.9 Å². The van der Waals surface area contributed by atoms with Gasteiger partial charge in [-0.15, -0.1) is 0 Å². The highest BCUT2D eigenvalue weighted by Crippen LogP contribution is 2.32. The fraction of sp³-hybridized carbons (Fsp3) is 0.348. The van der Waals surface area contributed by atoms with Gasteiger partial charge in [-0.25, -0.2) is 9.97 Å². The molecule has 0 spiro atoms. The number of aromatic nitrogens is 5. The van der Waals surface area contributed by atoms with Gasteiger partial charge in [-0.3, -0.25) is 14.5 Å². The molecular weight excluding hydrogens is 420 g/mol. The Morgan fingerprint density at radius 3 is 2.76 bits per heavy atom. The smallest absolute Gasteiger partial charge is 0.232 e. The number of nitrogens with zero attached hydrogens (tertiary/aromatic N) is 7. The van der Waals surface area contributed by atoms with Crippen LogP contribution in [-0.4, -0.2) is 74.2 Å². The Morgan fingerprint density at radius 1 is 1.21 bits per heavy atom. The lowest BCUT2D eigenvalue weighted by Crippen LogP contribution is -2.49. The zero-order valence-corrected chi connectivity index (χ0v) is 18.6. The van der Waals surface area contributed by atoms with E-state index >= 15 is 0 Å². The third-order valence-corrected chi connectivity index (χ3v) is 6.15. The van der Waals surface area contributed by atoms with Gasteiger partial charge in [-0.05, 0) is 45.1 Å². The molecule has 4 aromatic rings. The summed E-state index contributed by atoms with van der Waals surface area (Å²) in [5, 5.41) is 4.61. The van der Waals surface area contributed by atoms with Gasteiger partial charge in [0.15, 0.2) is 17.5 Å². The van der Waals surface area contributed by atoms with E-state index in [1.807, 2.05) is 48.2 Å². The van der Waals surface area contributed by atoms with E-state index in [1.165, 1.54) is 0 Å². The predicted molar refractivity (Wildman–Crippen MR) is 124 cm³/mol. The molecule has 5 rings (SSSR count). The molecule has 1 saturated heterocycles. The summed E-state index contributed by atoms with van der Waals surface area (Å²) in [6.07, 6.45) is 9.96. The first-order chi connectivity index (χ1) is 16.0. The maximum absolute atomic E-state index is 11.4. The Labute approximate surface area is 191 Å². The topological polar surface area (TPSA) is 119 Å². The average Bonchev–Trinajstić information content (AvgIpc) is 3.48. The van der Waals surface area contributed by atoms with Crippen LogP contribution in [0.3, 0.4) is 0 Å². The summed E-state index contributed by atoms with van der Waals surface area (Å²) in [5.74, 6) is 0.733. The molecule has 1 atom stereocenters. The highest BCUT2D eigenvalue weighted by atomic mass is 16.3. The molecule has 10 heteroatoms. The molecule has 0 saturated carbocycles. The van der Waals surface area contributed by atoms with Crippen LogP contribution >= 0.6 is 0 Å². The zero-order chi connectivity index (χ0) is 22.9. The van der Waals surface area contributed by atoms with Crippen molar-refractivity contribution in [2.75, 3.05) is 32.9 Å². The van der Waals surface area contributed by atoms with Crippen molar-refractivity contribution < 1.29 is 9.21 Å². The van der Waals surface area contributed by atoms with E-state index < -0.39 is 0 Å². The Balaban J connectivity index is 1.35. The number of nitrogen functional groups attached to an aromatic ring is 1. The molecule has 1 aliphatic heterocycles. The number of oxazole rings is 1. The summed E-state index contributed by atoms with van der Waals surface area (Å²) in [6.45, 7) is 1.70. The molecule has 4 aromatic heterocycles. The molecule has 1 aliphatic rings. The van der Waals surface area contributed by atoms with Gasteiger partial charge in [0, 0.05) is 42.8 Å². The molecule has 33 heavy (non-hydrogen) atoms. The van der Waals surface area contributed by atoms with Gasteiger partial charge in [0.05, 0.1) is 17.8 Å². The van der Waals surface area contributed by atoms with Gasteiger partial charge >= 0.3 is 0 Å². The van der Waals surface area contributed by atoms with Crippen molar-refractivity contribution in [1.82, 2.24) is 34.5 Å². The summed E-state index contributed by atoms with van der Waals surface area (Å²) in [5.41, 5.74) is 9.70. The lowest BCUT2D eigenvalue weighted by atomic mass is 10.0. The zero-order valence-electron chi connectivity index (χ0n) is 18.6. The van der Waals surface area contributed by atoms with E-state index in [-0.39, 0.29) is 12.2 Å². The van der Waals surface area contributed by atoms with Crippen LogP contribution in [0, 0.1) is 0 Å². The van der Waals surface area contributed by atoms with Crippen LogP contribution in [-0.2, 0) is 4.79 Å². The summed E-state index contributed by atoms with van der Waals surface area (Å²) in [7, 11) is 3.86. The highest BCUT2D eigenvalue weighted by molar-refractivity contribution is 5.79. The Hall–Kier alpha value is -3.63. The molecule has 1 unspecified atom stereocenters. The standard InChI is InChI=1S/C23H26N8O2/c1-29(2)20(14-32)30-8-5-17(6-9-30)31-13-16(12-27-31)15-10-18(21(24)26-11-15)23-28-22-19(33-23)4-3-7-25-22/h3-4,7,10-14,17,20H,5-6,8-9H2,1-2H3,(H2,24,26). The Kier molecular flexibility index (Phi) is 5.61. The molecule has 0 radical (unpaired) electrons. The van der Waals surface area contributed by atoms with Crippen molar-refractivity contribution in [3.8, 4) is 22.6 Å². The van der Waals surface area contributed by atoms with E-state index in [0.717, 1.165) is 43.3 Å². The minimum absolute atomic E-state index is 0.180. The second-order valence-electron chi connectivity index (χ2n) is 8.49. The molecule has 1 fully saturated rings. The quantitative estimate of drug-likeness (QED) is 0.445. The molecular formula is C23H26N8O2. The number of likely N-dealkylation sites (N-methyl/N-ethyl adjacent to an activating group) is 1. The van der Waals surface area contributed by atoms with E-state index in [1.54, 1.807) is 18.5 Å². The molecule has 2 N–H and O–H groups in total. The minimum Gasteiger partial charge on any atom is -0.434 e. The Bertz CT molecular complexity index is 1240. The molecule has 0 bridgehead atoms. The first kappa shape index (κ1) is 21.2. The van der Waals surface area contributed by atoms with Crippen LogP contribution in [0.4, 0.5) is 5.82 Å². The third-order valence-electron chi connectivity index (χ3n) is 6.15. The summed E-state index contributed by atoms with van der Waals surface area (Å²) >= 11 is 0. The van der Waals surface area contributed by atoms with Crippen molar-refractivity contribution >= 4 is 23.3 Å². The number of nitrogens with two attached hydrogens (primary N) is 1. The molecule has 5 heterocycles. The number of rotatable bonds is 6. The number of carbonyl (C=O) groups is 1. The first-order valence-electron chi connectivity index (χ1n) is 10.9. The molecule has 170 valence electrons. The number of hydrogen-bond donors (Lipinski definition) is 1. The number of carbonyl (C=O) groups excluding carboxylic acids is 1. The van der Waals surface area contributed by atoms with Gasteiger partial charge in [0.2, 0.25) is 5.89 Å². The van der Waals surface area contributed by atoms with Crippen molar-refractivity contribution in [2.24, 2.45) is 0 Å². The van der Waals surface area contributed by atoms with Crippen molar-refractivity contribution in [3.05, 3.63) is 43.0 Å². The molecule has 0 aromatic carbocycles. The average molecular weight is 447 g/mol. The second kappa shape index (κ2) is 8.72. The van der Waals surface area contributed by atoms with Crippen LogP contribution < -0.4 is 5.73 Å². The van der Waals surface area contributed by atoms with Crippen molar-refractivity contribution in [2.45, 2.75) is 25.0 Å². The van der Waals surface area contributed by atoms with Crippen LogP contribution in [0.2, 0.25) is 0 Å². The highest BCUT2D eigenvalue weighted by Gasteiger charge is 2.27. The number of aldehydes is 1. The van der Waals surface area contributed by atoms with Gasteiger partial charge in [0.1, 0.15) is 12.0 Å². The normalized spacial score (nSPS) is 16.5. The summed E-state index contributed by atoms with van der Waals surface area (Å²) < 4.78 is 7.85. The number of pyridine rings is 2. The van der Waals surface area contributed by atoms with Crippen molar-refractivity contribution in [3.63, 3.8) is 0 Å². The number of likely N-dealkylation sites (tertiary alicyclic amines) is 1. The monoisotopic (exact) mass is 446 g/mol. The lowest BCUT2D eigenvalue weighted by Gasteiger charge is -2.37. The Morgan fingerprint density at radius 2 is 2.03 bits per heavy atom. The lowest BCUT2D eigenvalue weighted by molar-refractivity contribution is -0.118. The number of piperidine rings is 1. The SMILES string of the molecule is CN(C)C(C=O)N1CCC(n2cc(-c3cnc(N)c(-c4nc5ncccc5o4)c3)cn2)CC1. The maximum Gasteiger partial charge on any atom is 0.232 e. The van der Waals surface area contributed by atoms with E-state index in [4.69, 9.17) is 10.2 Å². The second-order valence-corrected chi connectivity index (χ2v) is 8.49. The minimum atomic E-state index is -0.180. The van der Waals surface area contributed by atoms with Crippen LogP contribution in [0.1, 0.15) is 18.9 Å². The fourth-order valence-corrected chi connectivity index (χ4v) is 4.32. The summed E-state index contributed by atoms with van der Waals surface area (Å²) in [4.78, 5) is 28.6. The number of hydrogen-bond acceptors (Lipinski definition) is 9. The van der Waals surface area contributed by atoms with Crippen LogP contribution in [0.5, 0.6) is 0 Å². The fourth-order valence-electron chi connectivity index (χ4n) is 4.32. The van der Waals surface area contributed by atoms with Gasteiger partial charge in [-0.1, -0.05) is 0 Å². The first-order valence-corrected chi connectivity index (χ1v) is 10.9. The van der Waals surface area contributed by atoms with Crippen molar-refractivity contribution in [1.29, 1.82) is 0 Å². The molecule has 0 amide bonds. The maximum atomic E-state index is 11.4. The summed E-state index contributed by atoms with van der Waals surface area (Å²) in [6, 6.07) is 5.82. The van der Waals surface area contributed by atoms with E-state index in [0.29, 0.717) is 28.5 Å². The van der Waals surface area contributed by atoms with E-state index in [9.17, 15) is 4.79 Å². The van der Waals surface area contributed by atoms with Gasteiger partial charge in [-0.2, -0.15) is 10.1 Å². The molecule has 10 nitrogen and oxygen atoms in total. The van der Waals surface area contributed by atoms with Crippen LogP contribution in [0.25, 0.3) is 33.8 Å². The largest absolute Gasteiger partial charge is 0.434 e. The third kappa shape index (κ3) is 4.10. The predicted octanol–water partition coefficient (Wildman–Crippen LogP) is 2.45. The number of fused-ring (bicyclic) bond motifs is 1.